The highest BCUT2D eigenvalue weighted by Crippen LogP contribution is 2.24. The molecule has 0 bridgehead atoms. The van der Waals surface area contributed by atoms with Crippen LogP contribution in [0.25, 0.3) is 0 Å². The molecule has 1 aromatic rings. The Hall–Kier alpha value is -0.660. The maximum absolute atomic E-state index is 11.9. The van der Waals surface area contributed by atoms with Crippen molar-refractivity contribution in [3.63, 3.8) is 0 Å². The number of hydrazone groups is 1. The number of thioether (sulfide) groups is 2. The lowest BCUT2D eigenvalue weighted by Gasteiger charge is -2.11. The van der Waals surface area contributed by atoms with Gasteiger partial charge in [0.25, 0.3) is 10.0 Å². The smallest absolute Gasteiger partial charge is 0.200 e. The van der Waals surface area contributed by atoms with Crippen molar-refractivity contribution in [2.45, 2.75) is 18.2 Å². The molecule has 0 aromatic heterocycles. The molecule has 0 amide bonds. The van der Waals surface area contributed by atoms with Gasteiger partial charge in [0.05, 0.1) is 4.90 Å². The van der Waals surface area contributed by atoms with Crippen LogP contribution >= 0.6 is 23.5 Å². The maximum atomic E-state index is 11.9. The molecule has 0 radical (unpaired) electrons. The molecule has 2 rings (SSSR count). The topological polar surface area (TPSA) is 58.5 Å². The van der Waals surface area contributed by atoms with Crippen LogP contribution in [0.2, 0.25) is 0 Å². The summed E-state index contributed by atoms with van der Waals surface area (Å²) in [6, 6.07) is 6.70. The van der Waals surface area contributed by atoms with Crippen LogP contribution in [0.3, 0.4) is 0 Å². The summed E-state index contributed by atoms with van der Waals surface area (Å²) in [7, 11) is -3.54. The Morgan fingerprint density at radius 1 is 1.17 bits per heavy atom. The van der Waals surface area contributed by atoms with Crippen molar-refractivity contribution >= 4 is 37.9 Å². The van der Waals surface area contributed by atoms with Gasteiger partial charge in [0.1, 0.15) is 0 Å². The third kappa shape index (κ3) is 3.66. The number of sulfonamides is 1. The quantitative estimate of drug-likeness (QED) is 0.871. The molecule has 1 aliphatic heterocycles. The second kappa shape index (κ2) is 5.99. The summed E-state index contributed by atoms with van der Waals surface area (Å²) in [4.78, 5) is 2.52. The van der Waals surface area contributed by atoms with Crippen molar-refractivity contribution in [3.05, 3.63) is 29.8 Å². The molecule has 1 N–H and O–H groups in total. The fraction of sp³-hybridized carbons (Fsp3) is 0.364. The number of rotatable bonds is 3. The lowest BCUT2D eigenvalue weighted by molar-refractivity contribution is 0.584. The number of nitrogens with one attached hydrogen (secondary N) is 1. The monoisotopic (exact) mass is 302 g/mol. The normalized spacial score (nSPS) is 16.4. The van der Waals surface area contributed by atoms with E-state index < -0.39 is 10.0 Å². The van der Waals surface area contributed by atoms with E-state index in [-0.39, 0.29) is 4.90 Å². The molecule has 1 heterocycles. The molecule has 7 heteroatoms. The molecular formula is C11H14N2O2S3. The maximum Gasteiger partial charge on any atom is 0.276 e. The third-order valence-corrected chi connectivity index (χ3v) is 5.92. The van der Waals surface area contributed by atoms with Crippen molar-refractivity contribution < 1.29 is 8.42 Å². The predicted molar refractivity (Wildman–Crippen MR) is 78.5 cm³/mol. The Morgan fingerprint density at radius 2 is 1.78 bits per heavy atom. The van der Waals surface area contributed by atoms with Crippen LogP contribution in [0.4, 0.5) is 0 Å². The minimum atomic E-state index is -3.54. The fourth-order valence-electron chi connectivity index (χ4n) is 1.35. The molecule has 0 aliphatic carbocycles. The van der Waals surface area contributed by atoms with E-state index >= 15 is 0 Å². The Morgan fingerprint density at radius 3 is 2.39 bits per heavy atom. The Balaban J connectivity index is 2.09. The number of nitrogens with zero attached hydrogens (tertiary/aromatic N) is 1. The van der Waals surface area contributed by atoms with Crippen LogP contribution in [0, 0.1) is 6.92 Å². The van der Waals surface area contributed by atoms with E-state index in [9.17, 15) is 8.42 Å². The first-order valence-electron chi connectivity index (χ1n) is 5.50. The van der Waals surface area contributed by atoms with Crippen molar-refractivity contribution in [2.75, 3.05) is 11.5 Å². The van der Waals surface area contributed by atoms with Gasteiger partial charge in [0.15, 0.2) is 4.38 Å². The van der Waals surface area contributed by atoms with Crippen molar-refractivity contribution in [1.29, 1.82) is 0 Å². The summed E-state index contributed by atoms with van der Waals surface area (Å²) < 4.78 is 24.7. The second-order valence-electron chi connectivity index (χ2n) is 3.84. The minimum Gasteiger partial charge on any atom is -0.200 e. The molecule has 0 atom stereocenters. The fourth-order valence-corrected chi connectivity index (χ4v) is 4.44. The standard InChI is InChI=1S/C11H14N2O2S3/c1-9-3-5-10(6-4-9)18(14,15)13-12-11-16-7-2-8-17-11/h3-6,13H,2,7-8H2,1H3. The zero-order chi connectivity index (χ0) is 13.0. The van der Waals surface area contributed by atoms with Gasteiger partial charge in [-0.15, -0.1) is 0 Å². The summed E-state index contributed by atoms with van der Waals surface area (Å²) in [5, 5.41) is 3.96. The van der Waals surface area contributed by atoms with Gasteiger partial charge in [-0.2, -0.15) is 18.4 Å². The van der Waals surface area contributed by atoms with E-state index in [1.54, 1.807) is 47.8 Å². The van der Waals surface area contributed by atoms with Crippen LogP contribution in [-0.4, -0.2) is 24.3 Å². The van der Waals surface area contributed by atoms with Gasteiger partial charge in [-0.05, 0) is 25.5 Å². The highest BCUT2D eigenvalue weighted by Gasteiger charge is 2.14. The van der Waals surface area contributed by atoms with Crippen molar-refractivity contribution in [3.8, 4) is 0 Å². The number of hydrogen-bond donors (Lipinski definition) is 1. The molecule has 1 aliphatic rings. The van der Waals surface area contributed by atoms with Crippen LogP contribution in [0.15, 0.2) is 34.3 Å². The van der Waals surface area contributed by atoms with E-state index in [1.807, 2.05) is 6.92 Å². The lowest BCUT2D eigenvalue weighted by Crippen LogP contribution is -2.19. The number of hydrogen-bond acceptors (Lipinski definition) is 5. The number of aryl methyl sites for hydroxylation is 1. The summed E-state index contributed by atoms with van der Waals surface area (Å²) in [6.07, 6.45) is 1.14. The molecule has 98 valence electrons. The van der Waals surface area contributed by atoms with E-state index in [0.717, 1.165) is 27.9 Å². The lowest BCUT2D eigenvalue weighted by atomic mass is 10.2. The van der Waals surface area contributed by atoms with Gasteiger partial charge < -0.3 is 0 Å². The van der Waals surface area contributed by atoms with E-state index in [4.69, 9.17) is 0 Å². The van der Waals surface area contributed by atoms with Gasteiger partial charge >= 0.3 is 0 Å². The Labute approximate surface area is 116 Å². The molecule has 0 spiro atoms. The SMILES string of the molecule is Cc1ccc(S(=O)(=O)NN=C2SCCCS2)cc1. The van der Waals surface area contributed by atoms with Crippen molar-refractivity contribution in [2.24, 2.45) is 5.10 Å². The summed E-state index contributed by atoms with van der Waals surface area (Å²) in [6.45, 7) is 1.92. The molecule has 0 saturated carbocycles. The van der Waals surface area contributed by atoms with Gasteiger partial charge in [-0.3, -0.25) is 0 Å². The average Bonchev–Trinajstić information content (AvgIpc) is 2.38. The number of benzene rings is 1. The summed E-state index contributed by atoms with van der Waals surface area (Å²) >= 11 is 3.18. The highest BCUT2D eigenvalue weighted by molar-refractivity contribution is 8.39. The zero-order valence-corrected chi connectivity index (χ0v) is 12.4. The van der Waals surface area contributed by atoms with Crippen LogP contribution in [-0.2, 0) is 10.0 Å². The van der Waals surface area contributed by atoms with Crippen molar-refractivity contribution in [1.82, 2.24) is 4.83 Å². The third-order valence-electron chi connectivity index (χ3n) is 2.33. The van der Waals surface area contributed by atoms with Gasteiger partial charge in [0.2, 0.25) is 0 Å². The molecule has 1 fully saturated rings. The summed E-state index contributed by atoms with van der Waals surface area (Å²) in [5.74, 6) is 2.00. The molecule has 0 unspecified atom stereocenters. The summed E-state index contributed by atoms with van der Waals surface area (Å²) in [5.41, 5.74) is 1.03. The molecule has 18 heavy (non-hydrogen) atoms. The van der Waals surface area contributed by atoms with Gasteiger partial charge in [0, 0.05) is 11.5 Å². The van der Waals surface area contributed by atoms with E-state index in [2.05, 4.69) is 9.93 Å². The highest BCUT2D eigenvalue weighted by atomic mass is 32.2. The first kappa shape index (κ1) is 13.8. The van der Waals surface area contributed by atoms with Gasteiger partial charge in [-0.25, -0.2) is 0 Å². The average molecular weight is 302 g/mol. The Kier molecular flexibility index (Phi) is 4.58. The first-order valence-corrected chi connectivity index (χ1v) is 8.95. The molecule has 1 saturated heterocycles. The molecular weight excluding hydrogens is 288 g/mol. The Bertz CT molecular complexity index is 530. The van der Waals surface area contributed by atoms with Crippen LogP contribution < -0.4 is 4.83 Å². The van der Waals surface area contributed by atoms with Gasteiger partial charge in [-0.1, -0.05) is 41.2 Å². The van der Waals surface area contributed by atoms with Crippen LogP contribution in [0.5, 0.6) is 0 Å². The second-order valence-corrected chi connectivity index (χ2v) is 7.92. The first-order chi connectivity index (χ1) is 8.58. The largest absolute Gasteiger partial charge is 0.276 e. The zero-order valence-electron chi connectivity index (χ0n) is 9.92. The van der Waals surface area contributed by atoms with Crippen LogP contribution in [0.1, 0.15) is 12.0 Å². The van der Waals surface area contributed by atoms with E-state index in [1.165, 1.54) is 0 Å². The molecule has 4 nitrogen and oxygen atoms in total. The molecule has 1 aromatic carbocycles. The minimum absolute atomic E-state index is 0.239. The van der Waals surface area contributed by atoms with E-state index in [0.29, 0.717) is 0 Å². The predicted octanol–water partition coefficient (Wildman–Crippen LogP) is 2.41.